The van der Waals surface area contributed by atoms with E-state index < -0.39 is 0 Å². The van der Waals surface area contributed by atoms with E-state index in [4.69, 9.17) is 0 Å². The molecule has 1 heterocycles. The number of rotatable bonds is 4. The van der Waals surface area contributed by atoms with E-state index in [-0.39, 0.29) is 11.3 Å². The summed E-state index contributed by atoms with van der Waals surface area (Å²) < 4.78 is 0.340. The molecular formula is C16H21BrN2OS. The van der Waals surface area contributed by atoms with Crippen LogP contribution >= 0.6 is 27.3 Å². The molecule has 1 aromatic heterocycles. The molecule has 5 rings (SSSR count). The number of halogens is 1. The maximum Gasteiger partial charge on any atom is 0.220 e. The van der Waals surface area contributed by atoms with Crippen molar-refractivity contribution in [3.05, 3.63) is 16.6 Å². The number of nitrogens with zero attached hydrogens (tertiary/aromatic N) is 1. The van der Waals surface area contributed by atoms with E-state index in [2.05, 4.69) is 26.2 Å². The van der Waals surface area contributed by atoms with Gasteiger partial charge in [-0.25, -0.2) is 4.98 Å². The van der Waals surface area contributed by atoms with E-state index >= 15 is 0 Å². The largest absolute Gasteiger partial charge is 0.350 e. The first-order valence-electron chi connectivity index (χ1n) is 7.88. The van der Waals surface area contributed by atoms with Gasteiger partial charge in [-0.15, -0.1) is 11.3 Å². The van der Waals surface area contributed by atoms with Gasteiger partial charge in [0.2, 0.25) is 5.91 Å². The van der Waals surface area contributed by atoms with Gasteiger partial charge < -0.3 is 5.32 Å². The highest BCUT2D eigenvalue weighted by molar-refractivity contribution is 9.10. The Balaban J connectivity index is 1.41. The van der Waals surface area contributed by atoms with Crippen molar-refractivity contribution < 1.29 is 4.79 Å². The van der Waals surface area contributed by atoms with Gasteiger partial charge in [-0.1, -0.05) is 15.9 Å². The van der Waals surface area contributed by atoms with Gasteiger partial charge in [-0.3, -0.25) is 4.79 Å². The van der Waals surface area contributed by atoms with Crippen molar-refractivity contribution in [3.8, 4) is 0 Å². The summed E-state index contributed by atoms with van der Waals surface area (Å²) in [4.78, 5) is 16.6. The number of alkyl halides is 1. The van der Waals surface area contributed by atoms with Crippen LogP contribution < -0.4 is 5.32 Å². The SMILES string of the molecule is O=C(CC12C[C@H]3C[C@@H](CC(Br)(C3)C1)C2)NCc1nccs1. The zero-order valence-electron chi connectivity index (χ0n) is 12.1. The highest BCUT2D eigenvalue weighted by Crippen LogP contribution is 2.65. The third-order valence-electron chi connectivity index (χ3n) is 5.57. The molecule has 2 atom stereocenters. The second-order valence-electron chi connectivity index (χ2n) is 7.49. The van der Waals surface area contributed by atoms with Gasteiger partial charge in [-0.05, 0) is 55.8 Å². The Bertz CT molecular complexity index is 530. The molecule has 4 aliphatic carbocycles. The van der Waals surface area contributed by atoms with Crippen molar-refractivity contribution in [1.29, 1.82) is 0 Å². The third kappa shape index (κ3) is 2.79. The first-order chi connectivity index (χ1) is 10.0. The number of thiazole rings is 1. The van der Waals surface area contributed by atoms with E-state index in [1.54, 1.807) is 17.5 Å². The topological polar surface area (TPSA) is 42.0 Å². The van der Waals surface area contributed by atoms with Crippen molar-refractivity contribution in [2.45, 2.75) is 55.8 Å². The van der Waals surface area contributed by atoms with Crippen LogP contribution in [-0.4, -0.2) is 15.2 Å². The van der Waals surface area contributed by atoms with Crippen LogP contribution in [0.5, 0.6) is 0 Å². The van der Waals surface area contributed by atoms with Crippen molar-refractivity contribution in [1.82, 2.24) is 10.3 Å². The molecule has 1 amide bonds. The van der Waals surface area contributed by atoms with Crippen LogP contribution in [0.2, 0.25) is 0 Å². The van der Waals surface area contributed by atoms with Crippen molar-refractivity contribution in [2.24, 2.45) is 17.3 Å². The predicted molar refractivity (Wildman–Crippen MR) is 87.4 cm³/mol. The lowest BCUT2D eigenvalue weighted by molar-refractivity contribution is -0.128. The molecule has 0 saturated heterocycles. The first kappa shape index (κ1) is 14.2. The van der Waals surface area contributed by atoms with Crippen LogP contribution in [0.1, 0.15) is 50.0 Å². The number of aromatic nitrogens is 1. The molecule has 0 unspecified atom stereocenters. The van der Waals surface area contributed by atoms with Gasteiger partial charge in [0.25, 0.3) is 0 Å². The van der Waals surface area contributed by atoms with E-state index in [9.17, 15) is 4.79 Å². The minimum absolute atomic E-state index is 0.211. The minimum Gasteiger partial charge on any atom is -0.350 e. The molecular weight excluding hydrogens is 348 g/mol. The molecule has 3 nitrogen and oxygen atoms in total. The number of nitrogens with one attached hydrogen (secondary N) is 1. The quantitative estimate of drug-likeness (QED) is 0.819. The van der Waals surface area contributed by atoms with E-state index in [1.165, 1.54) is 38.5 Å². The standard InChI is InChI=1S/C16H21BrN2OS/c17-16-6-11-3-12(7-16)5-15(4-11,10-16)8-13(20)19-9-14-18-1-2-21-14/h1-2,11-12H,3-10H2,(H,19,20)/t11-,12-,15?,16?/m1/s1. The van der Waals surface area contributed by atoms with Gasteiger partial charge in [0.05, 0.1) is 6.54 Å². The highest BCUT2D eigenvalue weighted by Gasteiger charge is 2.57. The Kier molecular flexibility index (Phi) is 3.41. The summed E-state index contributed by atoms with van der Waals surface area (Å²) in [6.45, 7) is 0.582. The van der Waals surface area contributed by atoms with Crippen LogP contribution in [0.3, 0.4) is 0 Å². The Labute approximate surface area is 138 Å². The van der Waals surface area contributed by atoms with Crippen molar-refractivity contribution in [2.75, 3.05) is 0 Å². The molecule has 1 aromatic rings. The lowest BCUT2D eigenvalue weighted by Gasteiger charge is -2.60. The zero-order chi connectivity index (χ0) is 14.5. The summed E-state index contributed by atoms with van der Waals surface area (Å²) in [6.07, 6.45) is 10.3. The van der Waals surface area contributed by atoms with Crippen LogP contribution in [0.15, 0.2) is 11.6 Å². The van der Waals surface area contributed by atoms with Crippen LogP contribution in [0.4, 0.5) is 0 Å². The molecule has 0 radical (unpaired) electrons. The lowest BCUT2D eigenvalue weighted by atomic mass is 9.48. The van der Waals surface area contributed by atoms with Crippen molar-refractivity contribution >= 4 is 33.2 Å². The summed E-state index contributed by atoms with van der Waals surface area (Å²) in [7, 11) is 0. The number of carbonyl (C=O) groups excluding carboxylic acids is 1. The van der Waals surface area contributed by atoms with Gasteiger partial charge >= 0.3 is 0 Å². The number of carbonyl (C=O) groups is 1. The van der Waals surface area contributed by atoms with Crippen LogP contribution in [0.25, 0.3) is 0 Å². The highest BCUT2D eigenvalue weighted by atomic mass is 79.9. The summed E-state index contributed by atoms with van der Waals surface area (Å²) in [6, 6.07) is 0. The van der Waals surface area contributed by atoms with Gasteiger partial charge in [0.15, 0.2) is 0 Å². The van der Waals surface area contributed by atoms with Gasteiger partial charge in [-0.2, -0.15) is 0 Å². The van der Waals surface area contributed by atoms with E-state index in [1.807, 2.05) is 5.38 Å². The Morgan fingerprint density at radius 3 is 2.76 bits per heavy atom. The summed E-state index contributed by atoms with van der Waals surface area (Å²) in [5.41, 5.74) is 0.264. The fourth-order valence-corrected chi connectivity index (χ4v) is 7.53. The molecule has 5 heteroatoms. The molecule has 21 heavy (non-hydrogen) atoms. The smallest absolute Gasteiger partial charge is 0.220 e. The maximum atomic E-state index is 12.4. The van der Waals surface area contributed by atoms with Crippen LogP contribution in [0, 0.1) is 17.3 Å². The molecule has 4 aliphatic rings. The predicted octanol–water partition coefficient (Wildman–Crippen LogP) is 3.88. The molecule has 0 aromatic carbocycles. The monoisotopic (exact) mass is 368 g/mol. The average molecular weight is 369 g/mol. The summed E-state index contributed by atoms with van der Waals surface area (Å²) in [5, 5.41) is 6.01. The van der Waals surface area contributed by atoms with E-state index in [0.29, 0.717) is 17.3 Å². The zero-order valence-corrected chi connectivity index (χ0v) is 14.5. The molecule has 1 N–H and O–H groups in total. The van der Waals surface area contributed by atoms with Crippen LogP contribution in [-0.2, 0) is 11.3 Å². The molecule has 4 saturated carbocycles. The molecule has 4 bridgehead atoms. The Morgan fingerprint density at radius 1 is 1.38 bits per heavy atom. The third-order valence-corrected chi connectivity index (χ3v) is 7.27. The molecule has 0 aliphatic heterocycles. The average Bonchev–Trinajstić information content (AvgIpc) is 2.85. The summed E-state index contributed by atoms with van der Waals surface area (Å²) >= 11 is 5.61. The maximum absolute atomic E-state index is 12.4. The van der Waals surface area contributed by atoms with E-state index in [0.717, 1.165) is 16.8 Å². The lowest BCUT2D eigenvalue weighted by Crippen LogP contribution is -2.54. The second kappa shape index (κ2) is 5.05. The first-order valence-corrected chi connectivity index (χ1v) is 9.56. The fourth-order valence-electron chi connectivity index (χ4n) is 5.46. The summed E-state index contributed by atoms with van der Waals surface area (Å²) in [5.74, 6) is 1.90. The molecule has 0 spiro atoms. The Hall–Kier alpha value is -0.420. The van der Waals surface area contributed by atoms with Crippen molar-refractivity contribution in [3.63, 3.8) is 0 Å². The molecule has 4 fully saturated rings. The normalized spacial score (nSPS) is 40.4. The van der Waals surface area contributed by atoms with Gasteiger partial charge in [0, 0.05) is 22.3 Å². The number of hydrogen-bond donors (Lipinski definition) is 1. The number of hydrogen-bond acceptors (Lipinski definition) is 3. The molecule has 114 valence electrons. The minimum atomic E-state index is 0.211. The fraction of sp³-hybridized carbons (Fsp3) is 0.750. The number of amides is 1. The Morgan fingerprint density at radius 2 is 2.14 bits per heavy atom. The second-order valence-corrected chi connectivity index (χ2v) is 10.2. The van der Waals surface area contributed by atoms with Gasteiger partial charge in [0.1, 0.15) is 5.01 Å².